The molecule has 3 nitrogen and oxygen atoms in total. The van der Waals surface area contributed by atoms with Crippen molar-refractivity contribution in [2.24, 2.45) is 5.92 Å². The molecule has 130 valence electrons. The Bertz CT molecular complexity index is 611. The van der Waals surface area contributed by atoms with Gasteiger partial charge in [-0.2, -0.15) is 13.2 Å². The standard InChI is InChI=1S/C16H22F3NO2S/c1-23(21,22)10-9-12-5-7-14(8-6-12)20-15-4-2-3-13(11-15)16(17,18)19/h5-8,13,15,20H,2-4,9-11H2,1H3/t13-,15-/m0/s1. The predicted octanol–water partition coefficient (Wildman–Crippen LogP) is 3.81. The smallest absolute Gasteiger partial charge is 0.382 e. The number of hydrogen-bond donors (Lipinski definition) is 1. The fourth-order valence-electron chi connectivity index (χ4n) is 2.92. The average Bonchev–Trinajstić information content (AvgIpc) is 2.45. The third kappa shape index (κ3) is 6.05. The molecule has 0 heterocycles. The third-order valence-corrected chi connectivity index (χ3v) is 5.17. The number of anilines is 1. The van der Waals surface area contributed by atoms with Gasteiger partial charge in [-0.3, -0.25) is 0 Å². The molecule has 1 N–H and O–H groups in total. The zero-order chi connectivity index (χ0) is 17.1. The molecule has 0 radical (unpaired) electrons. The van der Waals surface area contributed by atoms with Gasteiger partial charge in [0, 0.05) is 18.0 Å². The van der Waals surface area contributed by atoms with Crippen molar-refractivity contribution < 1.29 is 21.6 Å². The van der Waals surface area contributed by atoms with Gasteiger partial charge in [-0.05, 0) is 43.4 Å². The Hall–Kier alpha value is -1.24. The number of rotatable bonds is 5. The molecule has 1 aliphatic carbocycles. The summed E-state index contributed by atoms with van der Waals surface area (Å²) in [6, 6.07) is 7.07. The second-order valence-electron chi connectivity index (χ2n) is 6.32. The van der Waals surface area contributed by atoms with Crippen LogP contribution in [0.25, 0.3) is 0 Å². The van der Waals surface area contributed by atoms with E-state index in [0.717, 1.165) is 17.7 Å². The molecule has 1 aliphatic rings. The number of sulfone groups is 1. The maximum Gasteiger partial charge on any atom is 0.391 e. The molecule has 0 saturated heterocycles. The molecule has 0 aromatic heterocycles. The summed E-state index contributed by atoms with van der Waals surface area (Å²) in [5.41, 5.74) is 1.68. The molecule has 0 aliphatic heterocycles. The van der Waals surface area contributed by atoms with E-state index in [2.05, 4.69) is 5.32 Å². The Labute approximate surface area is 135 Å². The summed E-state index contributed by atoms with van der Waals surface area (Å²) in [6.45, 7) is 0. The summed E-state index contributed by atoms with van der Waals surface area (Å²) in [6.07, 6.45) is -0.834. The van der Waals surface area contributed by atoms with Crippen LogP contribution >= 0.6 is 0 Å². The van der Waals surface area contributed by atoms with Crippen molar-refractivity contribution in [1.82, 2.24) is 0 Å². The van der Waals surface area contributed by atoms with E-state index in [1.54, 1.807) is 12.1 Å². The third-order valence-electron chi connectivity index (χ3n) is 4.22. The molecule has 7 heteroatoms. The van der Waals surface area contributed by atoms with E-state index < -0.39 is 21.9 Å². The lowest BCUT2D eigenvalue weighted by molar-refractivity contribution is -0.182. The zero-order valence-corrected chi connectivity index (χ0v) is 13.9. The Morgan fingerprint density at radius 1 is 1.17 bits per heavy atom. The molecule has 23 heavy (non-hydrogen) atoms. The van der Waals surface area contributed by atoms with E-state index in [9.17, 15) is 21.6 Å². The first-order chi connectivity index (χ1) is 10.6. The molecular formula is C16H22F3NO2S. The van der Waals surface area contributed by atoms with Crippen molar-refractivity contribution in [3.8, 4) is 0 Å². The van der Waals surface area contributed by atoms with Crippen LogP contribution in [0.5, 0.6) is 0 Å². The van der Waals surface area contributed by atoms with Gasteiger partial charge < -0.3 is 5.32 Å². The molecule has 1 fully saturated rings. The van der Waals surface area contributed by atoms with Crippen LogP contribution in [-0.2, 0) is 16.3 Å². The maximum absolute atomic E-state index is 12.8. The Kier molecular flexibility index (Phi) is 5.60. The molecule has 2 rings (SSSR count). The molecule has 2 atom stereocenters. The van der Waals surface area contributed by atoms with Gasteiger partial charge in [-0.1, -0.05) is 18.6 Å². The van der Waals surface area contributed by atoms with E-state index >= 15 is 0 Å². The minimum atomic E-state index is -4.12. The van der Waals surface area contributed by atoms with Gasteiger partial charge in [-0.25, -0.2) is 8.42 Å². The SMILES string of the molecule is CS(=O)(=O)CCc1ccc(N[C@H]2CCC[C@H](C(F)(F)F)C2)cc1. The molecule has 0 spiro atoms. The normalized spacial score (nSPS) is 22.8. The van der Waals surface area contributed by atoms with Crippen LogP contribution in [0.3, 0.4) is 0 Å². The molecule has 1 aromatic carbocycles. The average molecular weight is 349 g/mol. The lowest BCUT2D eigenvalue weighted by Gasteiger charge is -2.31. The van der Waals surface area contributed by atoms with Gasteiger partial charge in [0.05, 0.1) is 11.7 Å². The number of aryl methyl sites for hydroxylation is 1. The van der Waals surface area contributed by atoms with Gasteiger partial charge in [0.2, 0.25) is 0 Å². The van der Waals surface area contributed by atoms with Crippen molar-refractivity contribution in [2.45, 2.75) is 44.3 Å². The van der Waals surface area contributed by atoms with Crippen molar-refractivity contribution in [2.75, 3.05) is 17.3 Å². The summed E-state index contributed by atoms with van der Waals surface area (Å²) < 4.78 is 60.7. The molecule has 0 bridgehead atoms. The Morgan fingerprint density at radius 2 is 1.83 bits per heavy atom. The molecule has 0 unspecified atom stereocenters. The molecule has 1 aromatic rings. The van der Waals surface area contributed by atoms with Gasteiger partial charge in [0.1, 0.15) is 9.84 Å². The van der Waals surface area contributed by atoms with Crippen LogP contribution in [0, 0.1) is 5.92 Å². The highest BCUT2D eigenvalue weighted by Gasteiger charge is 2.42. The number of alkyl halides is 3. The van der Waals surface area contributed by atoms with Crippen molar-refractivity contribution in [3.05, 3.63) is 29.8 Å². The first-order valence-corrected chi connectivity index (χ1v) is 9.79. The second-order valence-corrected chi connectivity index (χ2v) is 8.58. The van der Waals surface area contributed by atoms with Gasteiger partial charge >= 0.3 is 6.18 Å². The first-order valence-electron chi connectivity index (χ1n) is 7.73. The Morgan fingerprint density at radius 3 is 2.39 bits per heavy atom. The summed E-state index contributed by atoms with van der Waals surface area (Å²) in [7, 11) is -3.00. The highest BCUT2D eigenvalue weighted by atomic mass is 32.2. The fourth-order valence-corrected chi connectivity index (χ4v) is 3.53. The van der Waals surface area contributed by atoms with Crippen LogP contribution in [-0.4, -0.2) is 32.6 Å². The fraction of sp³-hybridized carbons (Fsp3) is 0.625. The van der Waals surface area contributed by atoms with Crippen LogP contribution in [0.4, 0.5) is 18.9 Å². The Balaban J connectivity index is 1.90. The zero-order valence-electron chi connectivity index (χ0n) is 13.1. The number of hydrogen-bond acceptors (Lipinski definition) is 3. The van der Waals surface area contributed by atoms with Gasteiger partial charge in [0.15, 0.2) is 0 Å². The van der Waals surface area contributed by atoms with Crippen molar-refractivity contribution in [3.63, 3.8) is 0 Å². The summed E-state index contributed by atoms with van der Waals surface area (Å²) in [5, 5.41) is 3.16. The van der Waals surface area contributed by atoms with E-state index in [0.29, 0.717) is 12.8 Å². The van der Waals surface area contributed by atoms with Gasteiger partial charge in [-0.15, -0.1) is 0 Å². The summed E-state index contributed by atoms with van der Waals surface area (Å²) in [5.74, 6) is -1.13. The highest BCUT2D eigenvalue weighted by molar-refractivity contribution is 7.90. The van der Waals surface area contributed by atoms with E-state index in [4.69, 9.17) is 0 Å². The lowest BCUT2D eigenvalue weighted by atomic mass is 9.85. The van der Waals surface area contributed by atoms with Crippen LogP contribution in [0.1, 0.15) is 31.2 Å². The van der Waals surface area contributed by atoms with Crippen molar-refractivity contribution in [1.29, 1.82) is 0 Å². The molecule has 0 amide bonds. The summed E-state index contributed by atoms with van der Waals surface area (Å²) >= 11 is 0. The van der Waals surface area contributed by atoms with Crippen LogP contribution in [0.15, 0.2) is 24.3 Å². The maximum atomic E-state index is 12.8. The summed E-state index contributed by atoms with van der Waals surface area (Å²) in [4.78, 5) is 0. The second kappa shape index (κ2) is 7.11. The largest absolute Gasteiger partial charge is 0.391 e. The number of nitrogens with one attached hydrogen (secondary N) is 1. The van der Waals surface area contributed by atoms with Crippen LogP contribution in [0.2, 0.25) is 0 Å². The minimum absolute atomic E-state index is 0.0929. The molecular weight excluding hydrogens is 327 g/mol. The lowest BCUT2D eigenvalue weighted by Crippen LogP contribution is -2.34. The first kappa shape index (κ1) is 18.1. The monoisotopic (exact) mass is 349 g/mol. The predicted molar refractivity (Wildman–Crippen MR) is 85.3 cm³/mol. The van der Waals surface area contributed by atoms with Gasteiger partial charge in [0.25, 0.3) is 0 Å². The topological polar surface area (TPSA) is 46.2 Å². The minimum Gasteiger partial charge on any atom is -0.382 e. The quantitative estimate of drug-likeness (QED) is 0.879. The highest BCUT2D eigenvalue weighted by Crippen LogP contribution is 2.38. The van der Waals surface area contributed by atoms with Crippen LogP contribution < -0.4 is 5.32 Å². The van der Waals surface area contributed by atoms with E-state index in [1.165, 1.54) is 6.26 Å². The number of halogens is 3. The van der Waals surface area contributed by atoms with E-state index in [-0.39, 0.29) is 24.6 Å². The number of benzene rings is 1. The molecule has 1 saturated carbocycles. The van der Waals surface area contributed by atoms with E-state index in [1.807, 2.05) is 12.1 Å². The van der Waals surface area contributed by atoms with Crippen molar-refractivity contribution >= 4 is 15.5 Å².